The van der Waals surface area contributed by atoms with Gasteiger partial charge >= 0.3 is 0 Å². The Balaban J connectivity index is 2.12. The van der Waals surface area contributed by atoms with Crippen LogP contribution in [-0.4, -0.2) is 44.5 Å². The van der Waals surface area contributed by atoms with E-state index in [2.05, 4.69) is 10.3 Å². The quantitative estimate of drug-likeness (QED) is 0.612. The minimum Gasteiger partial charge on any atom is -0.394 e. The summed E-state index contributed by atoms with van der Waals surface area (Å²) in [5.41, 5.74) is -0.802. The highest BCUT2D eigenvalue weighted by molar-refractivity contribution is 4.89. The van der Waals surface area contributed by atoms with Crippen molar-refractivity contribution in [3.63, 3.8) is 0 Å². The van der Waals surface area contributed by atoms with E-state index in [9.17, 15) is 0 Å². The summed E-state index contributed by atoms with van der Waals surface area (Å²) in [5, 5.41) is 25.3. The number of aliphatic hydroxyl groups is 2. The van der Waals surface area contributed by atoms with Crippen LogP contribution in [0.1, 0.15) is 6.42 Å². The van der Waals surface area contributed by atoms with E-state index in [0.29, 0.717) is 6.42 Å². The van der Waals surface area contributed by atoms with Crippen molar-refractivity contribution in [2.75, 3.05) is 13.2 Å². The van der Waals surface area contributed by atoms with E-state index in [1.807, 2.05) is 0 Å². The van der Waals surface area contributed by atoms with Crippen LogP contribution >= 0.6 is 0 Å². The molecule has 0 aliphatic carbocycles. The summed E-state index contributed by atoms with van der Waals surface area (Å²) in [7, 11) is 0. The summed E-state index contributed by atoms with van der Waals surface area (Å²) in [6, 6.07) is 0. The van der Waals surface area contributed by atoms with Gasteiger partial charge in [-0.3, -0.25) is 0 Å². The predicted octanol–water partition coefficient (Wildman–Crippen LogP) is -1.30. The van der Waals surface area contributed by atoms with Crippen LogP contribution in [-0.2, 0) is 10.5 Å². The molecule has 6 heteroatoms. The molecule has 0 saturated carbocycles. The van der Waals surface area contributed by atoms with Crippen LogP contribution in [0.15, 0.2) is 12.4 Å². The van der Waals surface area contributed by atoms with Crippen LogP contribution in [0.3, 0.4) is 0 Å². The molecule has 1 aliphatic heterocycles. The first-order chi connectivity index (χ1) is 6.30. The summed E-state index contributed by atoms with van der Waals surface area (Å²) < 4.78 is 6.80. The number of rotatable bonds is 3. The molecular formula is C7H11N3O3. The highest BCUT2D eigenvalue weighted by Gasteiger charge is 2.47. The van der Waals surface area contributed by atoms with E-state index < -0.39 is 5.72 Å². The zero-order valence-corrected chi connectivity index (χ0v) is 7.00. The van der Waals surface area contributed by atoms with Crippen molar-refractivity contribution in [3.05, 3.63) is 12.4 Å². The lowest BCUT2D eigenvalue weighted by atomic mass is 9.99. The Labute approximate surface area is 74.7 Å². The van der Waals surface area contributed by atoms with Gasteiger partial charge in [-0.1, -0.05) is 5.21 Å². The molecule has 2 rings (SSSR count). The first kappa shape index (κ1) is 8.61. The molecule has 2 heterocycles. The van der Waals surface area contributed by atoms with Crippen molar-refractivity contribution in [1.29, 1.82) is 0 Å². The number of ether oxygens (including phenoxy) is 1. The molecule has 1 saturated heterocycles. The van der Waals surface area contributed by atoms with Gasteiger partial charge in [0.15, 0.2) is 5.72 Å². The third-order valence-corrected chi connectivity index (χ3v) is 2.22. The number of hydrogen-bond acceptors (Lipinski definition) is 5. The second kappa shape index (κ2) is 3.06. The molecule has 1 aliphatic rings. The van der Waals surface area contributed by atoms with Gasteiger partial charge in [0.05, 0.1) is 25.5 Å². The average molecular weight is 185 g/mol. The molecule has 1 aromatic rings. The van der Waals surface area contributed by atoms with Gasteiger partial charge in [0, 0.05) is 12.6 Å². The summed E-state index contributed by atoms with van der Waals surface area (Å²) in [6.45, 7) is -0.191. The lowest BCUT2D eigenvalue weighted by Gasteiger charge is -2.45. The Morgan fingerprint density at radius 1 is 1.62 bits per heavy atom. The largest absolute Gasteiger partial charge is 0.394 e. The maximum atomic E-state index is 9.13. The molecule has 2 unspecified atom stereocenters. The van der Waals surface area contributed by atoms with Gasteiger partial charge in [-0.05, 0) is 0 Å². The number of nitrogens with zero attached hydrogens (tertiary/aromatic N) is 3. The normalized spacial score (nSPS) is 32.9. The monoisotopic (exact) mass is 185 g/mol. The molecule has 0 spiro atoms. The van der Waals surface area contributed by atoms with E-state index in [-0.39, 0.29) is 19.3 Å². The van der Waals surface area contributed by atoms with Crippen molar-refractivity contribution < 1.29 is 14.9 Å². The molecule has 1 aromatic heterocycles. The molecule has 1 fully saturated rings. The van der Waals surface area contributed by atoms with Crippen molar-refractivity contribution in [2.45, 2.75) is 18.2 Å². The van der Waals surface area contributed by atoms with Crippen molar-refractivity contribution in [2.24, 2.45) is 0 Å². The lowest BCUT2D eigenvalue weighted by molar-refractivity contribution is -0.285. The zero-order chi connectivity index (χ0) is 9.31. The van der Waals surface area contributed by atoms with E-state index in [0.717, 1.165) is 0 Å². The highest BCUT2D eigenvalue weighted by atomic mass is 16.6. The second-order valence-corrected chi connectivity index (χ2v) is 3.08. The number of aliphatic hydroxyl groups excluding tert-OH is 2. The van der Waals surface area contributed by atoms with Gasteiger partial charge in [-0.15, -0.1) is 5.10 Å². The molecule has 0 bridgehead atoms. The SMILES string of the molecule is OCC1CC(CO)(n2ccnn2)O1. The number of hydrogen-bond donors (Lipinski definition) is 2. The molecule has 0 amide bonds. The molecule has 0 aromatic carbocycles. The Hall–Kier alpha value is -0.980. The van der Waals surface area contributed by atoms with Crippen LogP contribution in [0.25, 0.3) is 0 Å². The topological polar surface area (TPSA) is 80.4 Å². The average Bonchev–Trinajstić information content (AvgIpc) is 2.57. The highest BCUT2D eigenvalue weighted by Crippen LogP contribution is 2.35. The van der Waals surface area contributed by atoms with E-state index in [1.165, 1.54) is 10.9 Å². The fourth-order valence-corrected chi connectivity index (χ4v) is 1.51. The molecule has 2 N–H and O–H groups in total. The summed E-state index contributed by atoms with van der Waals surface area (Å²) >= 11 is 0. The van der Waals surface area contributed by atoms with Gasteiger partial charge in [-0.25, -0.2) is 4.68 Å². The molecule has 13 heavy (non-hydrogen) atoms. The van der Waals surface area contributed by atoms with E-state index in [1.54, 1.807) is 6.20 Å². The van der Waals surface area contributed by atoms with Crippen molar-refractivity contribution in [3.8, 4) is 0 Å². The third kappa shape index (κ3) is 1.23. The van der Waals surface area contributed by atoms with Crippen LogP contribution in [0.4, 0.5) is 0 Å². The zero-order valence-electron chi connectivity index (χ0n) is 7.00. The second-order valence-electron chi connectivity index (χ2n) is 3.08. The fraction of sp³-hybridized carbons (Fsp3) is 0.714. The fourth-order valence-electron chi connectivity index (χ4n) is 1.51. The van der Waals surface area contributed by atoms with Gasteiger partial charge in [0.1, 0.15) is 0 Å². The smallest absolute Gasteiger partial charge is 0.188 e. The lowest BCUT2D eigenvalue weighted by Crippen LogP contribution is -2.56. The first-order valence-electron chi connectivity index (χ1n) is 4.07. The van der Waals surface area contributed by atoms with Crippen molar-refractivity contribution >= 4 is 0 Å². The summed E-state index contributed by atoms with van der Waals surface area (Å²) in [4.78, 5) is 0. The molecule has 2 atom stereocenters. The Kier molecular flexibility index (Phi) is 2.03. The van der Waals surface area contributed by atoms with Gasteiger partial charge in [0.2, 0.25) is 0 Å². The maximum Gasteiger partial charge on any atom is 0.188 e. The van der Waals surface area contributed by atoms with Gasteiger partial charge < -0.3 is 14.9 Å². The molecular weight excluding hydrogens is 174 g/mol. The Bertz CT molecular complexity index is 269. The third-order valence-electron chi connectivity index (χ3n) is 2.22. The van der Waals surface area contributed by atoms with Crippen molar-refractivity contribution in [1.82, 2.24) is 15.0 Å². The molecule has 0 radical (unpaired) electrons. The van der Waals surface area contributed by atoms with Crippen LogP contribution < -0.4 is 0 Å². The standard InChI is InChI=1S/C7H11N3O3/c11-4-6-3-7(5-12,13-6)10-2-1-8-9-10/h1-2,6,11-12H,3-5H2. The Morgan fingerprint density at radius 3 is 2.85 bits per heavy atom. The predicted molar refractivity (Wildman–Crippen MR) is 41.7 cm³/mol. The minimum atomic E-state index is -0.802. The van der Waals surface area contributed by atoms with Gasteiger partial charge in [-0.2, -0.15) is 0 Å². The molecule has 72 valence electrons. The van der Waals surface area contributed by atoms with Crippen LogP contribution in [0, 0.1) is 0 Å². The van der Waals surface area contributed by atoms with Crippen LogP contribution in [0.2, 0.25) is 0 Å². The molecule has 6 nitrogen and oxygen atoms in total. The maximum absolute atomic E-state index is 9.13. The van der Waals surface area contributed by atoms with Crippen LogP contribution in [0.5, 0.6) is 0 Å². The minimum absolute atomic E-state index is 0.0313. The summed E-state index contributed by atoms with van der Waals surface area (Å²) in [5.74, 6) is 0. The van der Waals surface area contributed by atoms with E-state index >= 15 is 0 Å². The number of aromatic nitrogens is 3. The first-order valence-corrected chi connectivity index (χ1v) is 4.07. The van der Waals surface area contributed by atoms with E-state index in [4.69, 9.17) is 14.9 Å². The van der Waals surface area contributed by atoms with Gasteiger partial charge in [0.25, 0.3) is 0 Å². The Morgan fingerprint density at radius 2 is 2.38 bits per heavy atom. The summed E-state index contributed by atoms with van der Waals surface area (Å²) in [6.07, 6.45) is 3.51.